The van der Waals surface area contributed by atoms with E-state index in [0.29, 0.717) is 0 Å². The van der Waals surface area contributed by atoms with Crippen LogP contribution in [0, 0.1) is 12.8 Å². The molecule has 0 amide bonds. The Kier molecular flexibility index (Phi) is 3.41. The highest BCUT2D eigenvalue weighted by Gasteiger charge is 2.15. The van der Waals surface area contributed by atoms with Crippen LogP contribution >= 0.6 is 0 Å². The monoisotopic (exact) mass is 207 g/mol. The van der Waals surface area contributed by atoms with Crippen molar-refractivity contribution in [2.24, 2.45) is 5.92 Å². The molecular weight excluding hydrogens is 186 g/mol. The molecule has 0 atom stereocenters. The van der Waals surface area contributed by atoms with Crippen LogP contribution in [0.25, 0.3) is 0 Å². The van der Waals surface area contributed by atoms with Gasteiger partial charge in [0.05, 0.1) is 5.69 Å². The predicted molar refractivity (Wildman–Crippen MR) is 61.9 cm³/mol. The second-order valence-corrected chi connectivity index (χ2v) is 4.49. The minimum atomic E-state index is 0.854. The first-order valence-corrected chi connectivity index (χ1v) is 6.03. The lowest BCUT2D eigenvalue weighted by molar-refractivity contribution is 0.364. The first-order chi connectivity index (χ1) is 7.29. The van der Waals surface area contributed by atoms with E-state index in [1.807, 2.05) is 0 Å². The maximum atomic E-state index is 4.50. The normalized spacial score (nSPS) is 18.3. The van der Waals surface area contributed by atoms with E-state index in [1.165, 1.54) is 38.0 Å². The number of piperidine rings is 1. The zero-order valence-corrected chi connectivity index (χ0v) is 9.79. The quantitative estimate of drug-likeness (QED) is 0.818. The topological polar surface area (TPSA) is 29.9 Å². The van der Waals surface area contributed by atoms with E-state index in [9.17, 15) is 0 Å². The number of hydrogen-bond donors (Lipinski definition) is 1. The van der Waals surface area contributed by atoms with Gasteiger partial charge in [-0.3, -0.25) is 4.68 Å². The second kappa shape index (κ2) is 4.79. The summed E-state index contributed by atoms with van der Waals surface area (Å²) in [7, 11) is 0. The minimum Gasteiger partial charge on any atom is -0.317 e. The third-order valence-corrected chi connectivity index (χ3v) is 3.24. The van der Waals surface area contributed by atoms with E-state index < -0.39 is 0 Å². The zero-order chi connectivity index (χ0) is 10.7. The van der Waals surface area contributed by atoms with Gasteiger partial charge in [-0.2, -0.15) is 5.10 Å². The first-order valence-electron chi connectivity index (χ1n) is 6.03. The van der Waals surface area contributed by atoms with Crippen molar-refractivity contribution in [3.63, 3.8) is 0 Å². The third-order valence-electron chi connectivity index (χ3n) is 3.24. The number of aryl methyl sites for hydroxylation is 2. The van der Waals surface area contributed by atoms with Crippen LogP contribution in [0.3, 0.4) is 0 Å². The van der Waals surface area contributed by atoms with Gasteiger partial charge in [-0.25, -0.2) is 0 Å². The molecule has 0 radical (unpaired) electrons. The van der Waals surface area contributed by atoms with Gasteiger partial charge >= 0.3 is 0 Å². The number of aromatic nitrogens is 2. The van der Waals surface area contributed by atoms with Gasteiger partial charge in [-0.1, -0.05) is 0 Å². The van der Waals surface area contributed by atoms with E-state index in [1.54, 1.807) is 0 Å². The largest absolute Gasteiger partial charge is 0.317 e. The summed E-state index contributed by atoms with van der Waals surface area (Å²) in [4.78, 5) is 0. The fraction of sp³-hybridized carbons (Fsp3) is 0.750. The van der Waals surface area contributed by atoms with Gasteiger partial charge < -0.3 is 5.32 Å². The number of nitrogens with one attached hydrogen (secondary N) is 1. The fourth-order valence-electron chi connectivity index (χ4n) is 2.42. The highest BCUT2D eigenvalue weighted by molar-refractivity contribution is 5.09. The van der Waals surface area contributed by atoms with Gasteiger partial charge in [0.15, 0.2) is 0 Å². The molecule has 1 aliphatic heterocycles. The lowest BCUT2D eigenvalue weighted by Gasteiger charge is -2.22. The molecule has 0 unspecified atom stereocenters. The van der Waals surface area contributed by atoms with Crippen LogP contribution < -0.4 is 5.32 Å². The molecule has 0 spiro atoms. The maximum absolute atomic E-state index is 4.50. The van der Waals surface area contributed by atoms with Crippen molar-refractivity contribution in [2.75, 3.05) is 13.1 Å². The maximum Gasteiger partial charge on any atom is 0.0596 e. The van der Waals surface area contributed by atoms with E-state index in [0.717, 1.165) is 18.2 Å². The summed E-state index contributed by atoms with van der Waals surface area (Å²) < 4.78 is 2.15. The van der Waals surface area contributed by atoms with E-state index in [2.05, 4.69) is 35.0 Å². The Morgan fingerprint density at radius 1 is 1.47 bits per heavy atom. The Morgan fingerprint density at radius 2 is 2.20 bits per heavy atom. The first kappa shape index (κ1) is 10.7. The van der Waals surface area contributed by atoms with Crippen LogP contribution in [0.15, 0.2) is 6.07 Å². The van der Waals surface area contributed by atoms with E-state index >= 15 is 0 Å². The number of nitrogens with zero attached hydrogens (tertiary/aromatic N) is 2. The molecule has 3 heteroatoms. The van der Waals surface area contributed by atoms with Crippen LogP contribution in [0.4, 0.5) is 0 Å². The van der Waals surface area contributed by atoms with Crippen molar-refractivity contribution in [3.8, 4) is 0 Å². The Hall–Kier alpha value is -0.830. The van der Waals surface area contributed by atoms with E-state index in [-0.39, 0.29) is 0 Å². The van der Waals surface area contributed by atoms with Crippen molar-refractivity contribution in [3.05, 3.63) is 17.5 Å². The second-order valence-electron chi connectivity index (χ2n) is 4.49. The molecule has 1 aromatic heterocycles. The van der Waals surface area contributed by atoms with Crippen LogP contribution in [-0.4, -0.2) is 22.9 Å². The van der Waals surface area contributed by atoms with Crippen LogP contribution in [0.1, 0.15) is 31.2 Å². The molecule has 0 aromatic carbocycles. The summed E-state index contributed by atoms with van der Waals surface area (Å²) >= 11 is 0. The zero-order valence-electron chi connectivity index (χ0n) is 9.79. The van der Waals surface area contributed by atoms with Crippen molar-refractivity contribution < 1.29 is 0 Å². The molecule has 1 aromatic rings. The minimum absolute atomic E-state index is 0.854. The van der Waals surface area contributed by atoms with Crippen molar-refractivity contribution in [1.82, 2.24) is 15.1 Å². The lowest BCUT2D eigenvalue weighted by Crippen LogP contribution is -2.29. The molecule has 1 fully saturated rings. The van der Waals surface area contributed by atoms with Crippen LogP contribution in [0.2, 0.25) is 0 Å². The summed E-state index contributed by atoms with van der Waals surface area (Å²) in [6, 6.07) is 2.24. The van der Waals surface area contributed by atoms with Gasteiger partial charge in [0.1, 0.15) is 0 Å². The third kappa shape index (κ3) is 2.59. The molecule has 0 bridgehead atoms. The molecule has 84 valence electrons. The van der Waals surface area contributed by atoms with Gasteiger partial charge in [0.2, 0.25) is 0 Å². The summed E-state index contributed by atoms with van der Waals surface area (Å²) in [6.07, 6.45) is 3.83. The Bertz CT molecular complexity index is 311. The fourth-order valence-corrected chi connectivity index (χ4v) is 2.42. The molecule has 1 N–H and O–H groups in total. The van der Waals surface area contributed by atoms with Gasteiger partial charge in [-0.15, -0.1) is 0 Å². The molecule has 2 heterocycles. The molecule has 15 heavy (non-hydrogen) atoms. The molecule has 2 rings (SSSR count). The van der Waals surface area contributed by atoms with Gasteiger partial charge in [0, 0.05) is 12.2 Å². The SMILES string of the molecule is CCn1nc(C)cc1CC1CCNCC1. The van der Waals surface area contributed by atoms with E-state index in [4.69, 9.17) is 0 Å². The molecule has 3 nitrogen and oxygen atoms in total. The molecule has 0 aliphatic carbocycles. The van der Waals surface area contributed by atoms with Crippen molar-refractivity contribution in [1.29, 1.82) is 0 Å². The summed E-state index contributed by atoms with van der Waals surface area (Å²) in [6.45, 7) is 7.61. The standard InChI is InChI=1S/C12H21N3/c1-3-15-12(8-10(2)14-15)9-11-4-6-13-7-5-11/h8,11,13H,3-7,9H2,1-2H3. The summed E-state index contributed by atoms with van der Waals surface area (Å²) in [5.41, 5.74) is 2.57. The molecule has 1 saturated heterocycles. The lowest BCUT2D eigenvalue weighted by atomic mass is 9.93. The molecule has 0 saturated carbocycles. The summed E-state index contributed by atoms with van der Waals surface area (Å²) in [5, 5.41) is 7.91. The highest BCUT2D eigenvalue weighted by atomic mass is 15.3. The average Bonchev–Trinajstić information content (AvgIpc) is 2.60. The van der Waals surface area contributed by atoms with Gasteiger partial charge in [0.25, 0.3) is 0 Å². The Labute approximate surface area is 91.9 Å². The summed E-state index contributed by atoms with van der Waals surface area (Å²) in [5.74, 6) is 0.854. The van der Waals surface area contributed by atoms with Crippen molar-refractivity contribution in [2.45, 2.75) is 39.7 Å². The number of rotatable bonds is 3. The molecule has 1 aliphatic rings. The smallest absolute Gasteiger partial charge is 0.0596 e. The van der Waals surface area contributed by atoms with Gasteiger partial charge in [-0.05, 0) is 58.2 Å². The number of hydrogen-bond acceptors (Lipinski definition) is 2. The van der Waals surface area contributed by atoms with Crippen LogP contribution in [-0.2, 0) is 13.0 Å². The predicted octanol–water partition coefficient (Wildman–Crippen LogP) is 1.75. The van der Waals surface area contributed by atoms with Crippen molar-refractivity contribution >= 4 is 0 Å². The van der Waals surface area contributed by atoms with Crippen LogP contribution in [0.5, 0.6) is 0 Å². The Morgan fingerprint density at radius 3 is 2.87 bits per heavy atom. The average molecular weight is 207 g/mol. The molecular formula is C12H21N3. The highest BCUT2D eigenvalue weighted by Crippen LogP contribution is 2.18. The Balaban J connectivity index is 2.02.